The molecule has 64 valence electrons. The lowest BCUT2D eigenvalue weighted by Gasteiger charge is -1.99. The fourth-order valence-corrected chi connectivity index (χ4v) is 1.86. The molecule has 1 aromatic rings. The SMILES string of the molecule is CN[C@@H]1C[C@H]1c1ccc(Br)cc1. The predicted octanol–water partition coefficient (Wildman–Crippen LogP) is 2.52. The Labute approximate surface area is 81.3 Å². The van der Waals surface area contributed by atoms with E-state index < -0.39 is 0 Å². The van der Waals surface area contributed by atoms with Gasteiger partial charge in [-0.25, -0.2) is 0 Å². The van der Waals surface area contributed by atoms with E-state index in [1.54, 1.807) is 0 Å². The van der Waals surface area contributed by atoms with E-state index >= 15 is 0 Å². The Morgan fingerprint density at radius 1 is 1.33 bits per heavy atom. The van der Waals surface area contributed by atoms with Crippen LogP contribution in [0.15, 0.2) is 28.7 Å². The third-order valence-electron chi connectivity index (χ3n) is 2.46. The van der Waals surface area contributed by atoms with Gasteiger partial charge in [0.05, 0.1) is 0 Å². The van der Waals surface area contributed by atoms with Gasteiger partial charge < -0.3 is 5.32 Å². The highest BCUT2D eigenvalue weighted by Gasteiger charge is 2.36. The number of nitrogens with one attached hydrogen (secondary N) is 1. The van der Waals surface area contributed by atoms with Crippen LogP contribution in [0.4, 0.5) is 0 Å². The summed E-state index contributed by atoms with van der Waals surface area (Å²) in [6, 6.07) is 9.34. The zero-order valence-electron chi connectivity index (χ0n) is 7.05. The molecule has 0 amide bonds. The summed E-state index contributed by atoms with van der Waals surface area (Å²) in [7, 11) is 2.03. The number of hydrogen-bond acceptors (Lipinski definition) is 1. The van der Waals surface area contributed by atoms with Crippen LogP contribution in [-0.4, -0.2) is 13.1 Å². The molecule has 1 aromatic carbocycles. The first-order chi connectivity index (χ1) is 5.81. The molecule has 1 aliphatic carbocycles. The number of halogens is 1. The van der Waals surface area contributed by atoms with E-state index in [-0.39, 0.29) is 0 Å². The Morgan fingerprint density at radius 3 is 2.50 bits per heavy atom. The van der Waals surface area contributed by atoms with Gasteiger partial charge in [-0.15, -0.1) is 0 Å². The molecule has 2 atom stereocenters. The first kappa shape index (κ1) is 8.27. The fraction of sp³-hybridized carbons (Fsp3) is 0.400. The summed E-state index contributed by atoms with van der Waals surface area (Å²) in [5.41, 5.74) is 1.46. The number of hydrogen-bond donors (Lipinski definition) is 1. The van der Waals surface area contributed by atoms with Crippen LogP contribution in [0, 0.1) is 0 Å². The molecule has 0 heterocycles. The van der Waals surface area contributed by atoms with Crippen molar-refractivity contribution in [2.24, 2.45) is 0 Å². The molecule has 0 bridgehead atoms. The lowest BCUT2D eigenvalue weighted by atomic mass is 10.1. The summed E-state index contributed by atoms with van der Waals surface area (Å²) in [6.07, 6.45) is 1.29. The van der Waals surface area contributed by atoms with E-state index in [4.69, 9.17) is 0 Å². The lowest BCUT2D eigenvalue weighted by Crippen LogP contribution is -2.09. The van der Waals surface area contributed by atoms with Crippen LogP contribution in [-0.2, 0) is 0 Å². The van der Waals surface area contributed by atoms with Crippen molar-refractivity contribution in [1.82, 2.24) is 5.32 Å². The maximum Gasteiger partial charge on any atom is 0.0175 e. The van der Waals surface area contributed by atoms with Gasteiger partial charge >= 0.3 is 0 Å². The van der Waals surface area contributed by atoms with E-state index in [1.807, 2.05) is 7.05 Å². The molecule has 12 heavy (non-hydrogen) atoms. The van der Waals surface area contributed by atoms with Crippen LogP contribution in [0.5, 0.6) is 0 Å². The molecular formula is C10H12BrN. The molecule has 2 rings (SSSR count). The quantitative estimate of drug-likeness (QED) is 0.816. The average molecular weight is 226 g/mol. The topological polar surface area (TPSA) is 12.0 Å². The summed E-state index contributed by atoms with van der Waals surface area (Å²) in [5.74, 6) is 0.753. The molecule has 1 fully saturated rings. The molecule has 0 radical (unpaired) electrons. The van der Waals surface area contributed by atoms with Crippen LogP contribution in [0.25, 0.3) is 0 Å². The minimum absolute atomic E-state index is 0.714. The van der Waals surface area contributed by atoms with Crippen LogP contribution in [0.1, 0.15) is 17.9 Å². The van der Waals surface area contributed by atoms with Crippen molar-refractivity contribution in [3.8, 4) is 0 Å². The first-order valence-corrected chi connectivity index (χ1v) is 5.03. The monoisotopic (exact) mass is 225 g/mol. The smallest absolute Gasteiger partial charge is 0.0175 e. The lowest BCUT2D eigenvalue weighted by molar-refractivity contribution is 0.783. The normalized spacial score (nSPS) is 27.2. The molecule has 2 heteroatoms. The van der Waals surface area contributed by atoms with Gasteiger partial charge in [-0.2, -0.15) is 0 Å². The molecule has 1 aliphatic rings. The van der Waals surface area contributed by atoms with Crippen LogP contribution in [0.3, 0.4) is 0 Å². The Balaban J connectivity index is 2.10. The van der Waals surface area contributed by atoms with Crippen molar-refractivity contribution < 1.29 is 0 Å². The maximum atomic E-state index is 3.43. The highest BCUT2D eigenvalue weighted by Crippen LogP contribution is 2.40. The van der Waals surface area contributed by atoms with Crippen molar-refractivity contribution in [1.29, 1.82) is 0 Å². The average Bonchev–Trinajstić information content (AvgIpc) is 2.85. The molecule has 0 unspecified atom stereocenters. The predicted molar refractivity (Wildman–Crippen MR) is 54.3 cm³/mol. The highest BCUT2D eigenvalue weighted by molar-refractivity contribution is 9.10. The summed E-state index contributed by atoms with van der Waals surface area (Å²) in [4.78, 5) is 0. The Kier molecular flexibility index (Phi) is 2.20. The summed E-state index contributed by atoms with van der Waals surface area (Å²) < 4.78 is 1.16. The van der Waals surface area contributed by atoms with Gasteiger partial charge in [0.25, 0.3) is 0 Å². The summed E-state index contributed by atoms with van der Waals surface area (Å²) in [5, 5.41) is 3.29. The van der Waals surface area contributed by atoms with Gasteiger partial charge in [0.15, 0.2) is 0 Å². The zero-order chi connectivity index (χ0) is 8.55. The van der Waals surface area contributed by atoms with Crippen LogP contribution in [0.2, 0.25) is 0 Å². The second-order valence-electron chi connectivity index (χ2n) is 3.29. The number of benzene rings is 1. The minimum atomic E-state index is 0.714. The molecule has 0 spiro atoms. The minimum Gasteiger partial charge on any atom is -0.316 e. The van der Waals surface area contributed by atoms with E-state index in [1.165, 1.54) is 12.0 Å². The molecule has 1 N–H and O–H groups in total. The molecular weight excluding hydrogens is 214 g/mol. The van der Waals surface area contributed by atoms with Gasteiger partial charge in [0, 0.05) is 16.4 Å². The van der Waals surface area contributed by atoms with Crippen molar-refractivity contribution in [3.63, 3.8) is 0 Å². The van der Waals surface area contributed by atoms with Crippen molar-refractivity contribution in [3.05, 3.63) is 34.3 Å². The van der Waals surface area contributed by atoms with Gasteiger partial charge in [-0.05, 0) is 31.2 Å². The van der Waals surface area contributed by atoms with Gasteiger partial charge in [0.1, 0.15) is 0 Å². The molecule has 0 aromatic heterocycles. The molecule has 0 saturated heterocycles. The van der Waals surface area contributed by atoms with E-state index in [0.29, 0.717) is 6.04 Å². The van der Waals surface area contributed by atoms with Gasteiger partial charge in [0.2, 0.25) is 0 Å². The van der Waals surface area contributed by atoms with E-state index in [2.05, 4.69) is 45.5 Å². The van der Waals surface area contributed by atoms with E-state index in [9.17, 15) is 0 Å². The van der Waals surface area contributed by atoms with Gasteiger partial charge in [-0.1, -0.05) is 28.1 Å². The van der Waals surface area contributed by atoms with Gasteiger partial charge in [-0.3, -0.25) is 0 Å². The van der Waals surface area contributed by atoms with Crippen molar-refractivity contribution >= 4 is 15.9 Å². The third kappa shape index (κ3) is 1.54. The largest absolute Gasteiger partial charge is 0.316 e. The fourth-order valence-electron chi connectivity index (χ4n) is 1.59. The Hall–Kier alpha value is -0.340. The van der Waals surface area contributed by atoms with Crippen LogP contribution >= 0.6 is 15.9 Å². The molecule has 0 aliphatic heterocycles. The Morgan fingerprint density at radius 2 is 2.00 bits per heavy atom. The standard InChI is InChI=1S/C10H12BrN/c1-12-10-6-9(10)7-2-4-8(11)5-3-7/h2-5,9-10,12H,6H2,1H3/t9-,10+/m0/s1. The zero-order valence-corrected chi connectivity index (χ0v) is 8.64. The number of likely N-dealkylation sites (N-methyl/N-ethyl adjacent to an activating group) is 1. The maximum absolute atomic E-state index is 3.43. The second-order valence-corrected chi connectivity index (χ2v) is 4.20. The summed E-state index contributed by atoms with van der Waals surface area (Å²) >= 11 is 3.43. The summed E-state index contributed by atoms with van der Waals surface area (Å²) in [6.45, 7) is 0. The Bertz CT molecular complexity index is 268. The third-order valence-corrected chi connectivity index (χ3v) is 2.99. The highest BCUT2D eigenvalue weighted by atomic mass is 79.9. The first-order valence-electron chi connectivity index (χ1n) is 4.24. The molecule has 1 saturated carbocycles. The molecule has 1 nitrogen and oxygen atoms in total. The van der Waals surface area contributed by atoms with Crippen LogP contribution < -0.4 is 5.32 Å². The van der Waals surface area contributed by atoms with E-state index in [0.717, 1.165) is 10.4 Å². The van der Waals surface area contributed by atoms with Crippen molar-refractivity contribution in [2.45, 2.75) is 18.4 Å². The number of rotatable bonds is 2. The van der Waals surface area contributed by atoms with Crippen molar-refractivity contribution in [2.75, 3.05) is 7.05 Å². The second kappa shape index (κ2) is 3.19.